The zero-order valence-corrected chi connectivity index (χ0v) is 23.1. The summed E-state index contributed by atoms with van der Waals surface area (Å²) in [5.74, 6) is 1.53. The van der Waals surface area contributed by atoms with Crippen LogP contribution in [0.15, 0.2) is 58.5 Å². The monoisotopic (exact) mass is 519 g/mol. The standard InChI is InChI=1S/C28H37N7OS/c1-18-8-6-9-19(2)24(18)33-25(29)23-17-30-27(34-26(23)31-20-12-14-36-15-13-20)32-21-10-7-11-22(16-21)37-35-28(3,4)5/h6-11,16-17,20,35H,12-15H2,1-5H3,(H2,29,33)(H2,30,31,32,34). The molecular weight excluding hydrogens is 482 g/mol. The molecule has 2 aromatic carbocycles. The largest absolute Gasteiger partial charge is 0.383 e. The fraction of sp³-hybridized carbons (Fsp3) is 0.393. The van der Waals surface area contributed by atoms with Gasteiger partial charge in [0.25, 0.3) is 0 Å². The molecule has 2 heterocycles. The van der Waals surface area contributed by atoms with Crippen molar-refractivity contribution in [1.29, 1.82) is 0 Å². The van der Waals surface area contributed by atoms with E-state index in [1.165, 1.54) is 0 Å². The second kappa shape index (κ2) is 11.9. The third kappa shape index (κ3) is 7.67. The molecule has 0 aliphatic carbocycles. The number of nitrogens with zero attached hydrogens (tertiary/aromatic N) is 3. The van der Waals surface area contributed by atoms with E-state index in [9.17, 15) is 0 Å². The molecule has 0 amide bonds. The molecule has 0 bridgehead atoms. The van der Waals surface area contributed by atoms with Gasteiger partial charge in [-0.2, -0.15) is 4.98 Å². The van der Waals surface area contributed by atoms with Crippen LogP contribution in [-0.4, -0.2) is 40.6 Å². The van der Waals surface area contributed by atoms with Gasteiger partial charge in [-0.15, -0.1) is 0 Å². The Morgan fingerprint density at radius 1 is 1.08 bits per heavy atom. The van der Waals surface area contributed by atoms with Gasteiger partial charge < -0.3 is 21.1 Å². The van der Waals surface area contributed by atoms with E-state index in [-0.39, 0.29) is 11.6 Å². The van der Waals surface area contributed by atoms with Crippen LogP contribution in [0.5, 0.6) is 0 Å². The van der Waals surface area contributed by atoms with E-state index in [2.05, 4.69) is 53.2 Å². The van der Waals surface area contributed by atoms with Crippen LogP contribution < -0.4 is 21.1 Å². The molecule has 1 saturated heterocycles. The lowest BCUT2D eigenvalue weighted by Crippen LogP contribution is -2.30. The Kier molecular flexibility index (Phi) is 8.68. The average molecular weight is 520 g/mol. The van der Waals surface area contributed by atoms with Crippen molar-refractivity contribution in [3.05, 3.63) is 65.4 Å². The van der Waals surface area contributed by atoms with Gasteiger partial charge in [-0.05, 0) is 88.7 Å². The highest BCUT2D eigenvalue weighted by Crippen LogP contribution is 2.27. The Hall–Kier alpha value is -3.14. The minimum absolute atomic E-state index is 0.0100. The third-order valence-electron chi connectivity index (χ3n) is 5.86. The molecule has 0 saturated carbocycles. The summed E-state index contributed by atoms with van der Waals surface area (Å²) in [5.41, 5.74) is 11.1. The molecule has 3 aromatic rings. The molecule has 1 aromatic heterocycles. The van der Waals surface area contributed by atoms with E-state index in [0.29, 0.717) is 23.2 Å². The summed E-state index contributed by atoms with van der Waals surface area (Å²) in [7, 11) is 0. The summed E-state index contributed by atoms with van der Waals surface area (Å²) in [6.07, 6.45) is 3.55. The molecular formula is C28H37N7OS. The maximum Gasteiger partial charge on any atom is 0.229 e. The Morgan fingerprint density at radius 2 is 1.78 bits per heavy atom. The van der Waals surface area contributed by atoms with E-state index in [1.54, 1.807) is 18.1 Å². The lowest BCUT2D eigenvalue weighted by molar-refractivity contribution is 0.0904. The lowest BCUT2D eigenvalue weighted by atomic mass is 10.1. The first-order valence-electron chi connectivity index (χ1n) is 12.6. The lowest BCUT2D eigenvalue weighted by Gasteiger charge is -2.25. The predicted octanol–water partition coefficient (Wildman–Crippen LogP) is 5.86. The number of anilines is 3. The van der Waals surface area contributed by atoms with E-state index >= 15 is 0 Å². The van der Waals surface area contributed by atoms with Crippen LogP contribution in [0.4, 0.5) is 23.1 Å². The number of nitrogens with one attached hydrogen (secondary N) is 3. The summed E-state index contributed by atoms with van der Waals surface area (Å²) < 4.78 is 8.98. The Labute approximate surface area is 224 Å². The fourth-order valence-electron chi connectivity index (χ4n) is 3.92. The van der Waals surface area contributed by atoms with Gasteiger partial charge in [0.1, 0.15) is 11.7 Å². The zero-order chi connectivity index (χ0) is 26.4. The van der Waals surface area contributed by atoms with Crippen LogP contribution in [-0.2, 0) is 4.74 Å². The van der Waals surface area contributed by atoms with Crippen molar-refractivity contribution in [3.8, 4) is 0 Å². The van der Waals surface area contributed by atoms with Crippen molar-refractivity contribution >= 4 is 40.9 Å². The second-order valence-electron chi connectivity index (χ2n) is 10.3. The van der Waals surface area contributed by atoms with Crippen molar-refractivity contribution in [2.24, 2.45) is 10.7 Å². The summed E-state index contributed by atoms with van der Waals surface area (Å²) >= 11 is 1.60. The Morgan fingerprint density at radius 3 is 2.49 bits per heavy atom. The van der Waals surface area contributed by atoms with Crippen molar-refractivity contribution in [3.63, 3.8) is 0 Å². The van der Waals surface area contributed by atoms with Gasteiger partial charge >= 0.3 is 0 Å². The minimum atomic E-state index is 0.0100. The number of aliphatic imine (C=N–C) groups is 1. The van der Waals surface area contributed by atoms with Crippen LogP contribution in [0.3, 0.4) is 0 Å². The quantitative estimate of drug-likeness (QED) is 0.166. The van der Waals surface area contributed by atoms with Crippen molar-refractivity contribution < 1.29 is 4.74 Å². The van der Waals surface area contributed by atoms with Crippen molar-refractivity contribution in [2.75, 3.05) is 23.8 Å². The maximum absolute atomic E-state index is 6.54. The normalized spacial score (nSPS) is 15.0. The fourth-order valence-corrected chi connectivity index (χ4v) is 4.67. The number of para-hydroxylation sites is 1. The number of amidine groups is 1. The number of rotatable bonds is 8. The molecule has 1 fully saturated rings. The van der Waals surface area contributed by atoms with Gasteiger partial charge in [-0.3, -0.25) is 4.72 Å². The minimum Gasteiger partial charge on any atom is -0.383 e. The van der Waals surface area contributed by atoms with Crippen molar-refractivity contribution in [1.82, 2.24) is 14.7 Å². The number of aromatic nitrogens is 2. The zero-order valence-electron chi connectivity index (χ0n) is 22.3. The maximum atomic E-state index is 6.54. The first-order chi connectivity index (χ1) is 17.7. The molecule has 37 heavy (non-hydrogen) atoms. The molecule has 9 heteroatoms. The van der Waals surface area contributed by atoms with Crippen LogP contribution in [0.2, 0.25) is 0 Å². The molecule has 8 nitrogen and oxygen atoms in total. The molecule has 5 N–H and O–H groups in total. The number of ether oxygens (including phenoxy) is 1. The van der Waals surface area contributed by atoms with Crippen LogP contribution in [0, 0.1) is 13.8 Å². The average Bonchev–Trinajstić information content (AvgIpc) is 2.86. The van der Waals surface area contributed by atoms with Gasteiger partial charge in [0.15, 0.2) is 0 Å². The third-order valence-corrected chi connectivity index (χ3v) is 7.07. The molecule has 1 aliphatic heterocycles. The van der Waals surface area contributed by atoms with Gasteiger partial charge in [-0.1, -0.05) is 24.3 Å². The number of hydrogen-bond donors (Lipinski definition) is 4. The van der Waals surface area contributed by atoms with E-state index < -0.39 is 0 Å². The highest BCUT2D eigenvalue weighted by atomic mass is 32.2. The van der Waals surface area contributed by atoms with Gasteiger partial charge in [0.05, 0.1) is 11.3 Å². The van der Waals surface area contributed by atoms with Gasteiger partial charge in [0, 0.05) is 41.6 Å². The van der Waals surface area contributed by atoms with Crippen LogP contribution in [0.1, 0.15) is 50.3 Å². The van der Waals surface area contributed by atoms with Crippen LogP contribution >= 0.6 is 11.9 Å². The Bertz CT molecular complexity index is 1230. The highest BCUT2D eigenvalue weighted by Gasteiger charge is 2.19. The van der Waals surface area contributed by atoms with Gasteiger partial charge in [0.2, 0.25) is 5.95 Å². The molecule has 1 aliphatic rings. The number of nitrogens with two attached hydrogens (primary N) is 1. The molecule has 4 rings (SSSR count). The summed E-state index contributed by atoms with van der Waals surface area (Å²) in [4.78, 5) is 15.3. The molecule has 0 spiro atoms. The second-order valence-corrected chi connectivity index (χ2v) is 11.2. The summed E-state index contributed by atoms with van der Waals surface area (Å²) in [6, 6.07) is 14.5. The van der Waals surface area contributed by atoms with Crippen molar-refractivity contribution in [2.45, 2.75) is 63.9 Å². The topological polar surface area (TPSA) is 109 Å². The molecule has 196 valence electrons. The number of hydrogen-bond acceptors (Lipinski definition) is 8. The van der Waals surface area contributed by atoms with Crippen LogP contribution in [0.25, 0.3) is 0 Å². The molecule has 0 unspecified atom stereocenters. The van der Waals surface area contributed by atoms with Gasteiger partial charge in [-0.25, -0.2) is 9.98 Å². The Balaban J connectivity index is 1.62. The van der Waals surface area contributed by atoms with E-state index in [1.807, 2.05) is 44.2 Å². The molecule has 0 radical (unpaired) electrons. The van der Waals surface area contributed by atoms with E-state index in [4.69, 9.17) is 20.4 Å². The summed E-state index contributed by atoms with van der Waals surface area (Å²) in [5, 5.41) is 6.92. The summed E-state index contributed by atoms with van der Waals surface area (Å²) in [6.45, 7) is 11.9. The first kappa shape index (κ1) is 26.9. The first-order valence-corrected chi connectivity index (χ1v) is 13.4. The predicted molar refractivity (Wildman–Crippen MR) is 154 cm³/mol. The number of benzene rings is 2. The SMILES string of the molecule is Cc1cccc(C)c1N=C(N)c1cnc(Nc2cccc(SNC(C)(C)C)c2)nc1NC1CCOCC1. The highest BCUT2D eigenvalue weighted by molar-refractivity contribution is 7.97. The smallest absolute Gasteiger partial charge is 0.229 e. The molecule has 0 atom stereocenters. The van der Waals surface area contributed by atoms with E-state index in [0.717, 1.165) is 53.5 Å². The number of aryl methyl sites for hydroxylation is 2.